The van der Waals surface area contributed by atoms with Crippen LogP contribution in [-0.2, 0) is 11.3 Å². The number of anilines is 1. The lowest BCUT2D eigenvalue weighted by molar-refractivity contribution is -0.134. The van der Waals surface area contributed by atoms with Gasteiger partial charge < -0.3 is 21.1 Å². The number of likely N-dealkylation sites (tertiary alicyclic amines) is 1. The van der Waals surface area contributed by atoms with Crippen LogP contribution in [0.25, 0.3) is 16.9 Å². The molecule has 4 heterocycles. The van der Waals surface area contributed by atoms with E-state index in [9.17, 15) is 20.0 Å². The predicted molar refractivity (Wildman–Crippen MR) is 129 cm³/mol. The molecule has 12 heteroatoms. The molecule has 0 aromatic carbocycles. The molecule has 36 heavy (non-hydrogen) atoms. The van der Waals surface area contributed by atoms with Crippen molar-refractivity contribution in [2.24, 2.45) is 17.1 Å². The quantitative estimate of drug-likeness (QED) is 0.420. The van der Waals surface area contributed by atoms with Gasteiger partial charge in [-0.1, -0.05) is 6.92 Å². The molecule has 3 aromatic rings. The van der Waals surface area contributed by atoms with Crippen LogP contribution in [0.15, 0.2) is 24.8 Å². The van der Waals surface area contributed by atoms with Crippen molar-refractivity contribution in [2.75, 3.05) is 18.4 Å². The minimum Gasteiger partial charge on any atom is -0.391 e. The SMILES string of the molecule is CC[C@H]1CN(C(=O)C2(C#N)CC2)C[C@H]1Nc1c(C(N)=O)cnn2cc(-c3cnn(C[C@H](C)O)c3)nc12. The van der Waals surface area contributed by atoms with Crippen LogP contribution >= 0.6 is 0 Å². The number of aromatic nitrogens is 5. The maximum atomic E-state index is 13.0. The third-order valence-electron chi connectivity index (χ3n) is 7.09. The highest BCUT2D eigenvalue weighted by Gasteiger charge is 2.54. The van der Waals surface area contributed by atoms with Crippen molar-refractivity contribution in [3.63, 3.8) is 0 Å². The van der Waals surface area contributed by atoms with Crippen LogP contribution in [-0.4, -0.2) is 71.4 Å². The first-order valence-corrected chi connectivity index (χ1v) is 12.1. The number of carbonyl (C=O) groups is 2. The lowest BCUT2D eigenvalue weighted by atomic mass is 10.0. The van der Waals surface area contributed by atoms with Gasteiger partial charge in [0.05, 0.1) is 54.3 Å². The van der Waals surface area contributed by atoms with Crippen molar-refractivity contribution in [1.29, 1.82) is 5.26 Å². The highest BCUT2D eigenvalue weighted by Crippen LogP contribution is 2.47. The number of nitrogens with one attached hydrogen (secondary N) is 1. The van der Waals surface area contributed by atoms with Crippen molar-refractivity contribution < 1.29 is 14.7 Å². The van der Waals surface area contributed by atoms with Crippen LogP contribution < -0.4 is 11.1 Å². The number of rotatable bonds is 8. The first-order valence-electron chi connectivity index (χ1n) is 12.1. The number of nitriles is 1. The second-order valence-corrected chi connectivity index (χ2v) is 9.82. The number of hydrogen-bond acceptors (Lipinski definition) is 8. The summed E-state index contributed by atoms with van der Waals surface area (Å²) in [6, 6.07) is 2.04. The summed E-state index contributed by atoms with van der Waals surface area (Å²) >= 11 is 0. The minimum atomic E-state index is -0.869. The number of carbonyl (C=O) groups excluding carboxylic acids is 2. The van der Waals surface area contributed by atoms with Crippen LogP contribution in [0, 0.1) is 22.7 Å². The molecule has 5 rings (SSSR count). The van der Waals surface area contributed by atoms with Crippen LogP contribution in [0.4, 0.5) is 5.69 Å². The van der Waals surface area contributed by atoms with E-state index in [-0.39, 0.29) is 23.4 Å². The predicted octanol–water partition coefficient (Wildman–Crippen LogP) is 1.03. The minimum absolute atomic E-state index is 0.111. The lowest BCUT2D eigenvalue weighted by Crippen LogP contribution is -2.36. The van der Waals surface area contributed by atoms with Gasteiger partial charge >= 0.3 is 0 Å². The first-order chi connectivity index (χ1) is 17.2. The molecule has 12 nitrogen and oxygen atoms in total. The zero-order chi connectivity index (χ0) is 25.6. The normalized spacial score (nSPS) is 21.3. The van der Waals surface area contributed by atoms with Gasteiger partial charge in [-0.05, 0) is 32.1 Å². The Morgan fingerprint density at radius 2 is 2.08 bits per heavy atom. The molecule has 3 aromatic heterocycles. The molecular formula is C24H29N9O3. The van der Waals surface area contributed by atoms with Gasteiger partial charge in [0.15, 0.2) is 5.65 Å². The summed E-state index contributed by atoms with van der Waals surface area (Å²) in [5.74, 6) is -0.618. The zero-order valence-corrected chi connectivity index (χ0v) is 20.3. The van der Waals surface area contributed by atoms with Crippen molar-refractivity contribution in [3.05, 3.63) is 30.4 Å². The maximum Gasteiger partial charge on any atom is 0.252 e. The highest BCUT2D eigenvalue weighted by atomic mass is 16.3. The molecular weight excluding hydrogens is 462 g/mol. The van der Waals surface area contributed by atoms with Gasteiger partial charge in [-0.2, -0.15) is 15.5 Å². The number of imidazole rings is 1. The summed E-state index contributed by atoms with van der Waals surface area (Å²) in [6.07, 6.45) is 8.08. The van der Waals surface area contributed by atoms with Gasteiger partial charge in [0.25, 0.3) is 5.91 Å². The van der Waals surface area contributed by atoms with E-state index < -0.39 is 17.4 Å². The molecule has 0 spiro atoms. The fourth-order valence-corrected chi connectivity index (χ4v) is 4.87. The Kier molecular flexibility index (Phi) is 5.88. The molecule has 1 saturated carbocycles. The van der Waals surface area contributed by atoms with E-state index in [0.717, 1.165) is 12.0 Å². The van der Waals surface area contributed by atoms with Crippen molar-refractivity contribution in [2.45, 2.75) is 51.8 Å². The smallest absolute Gasteiger partial charge is 0.252 e. The molecule has 2 fully saturated rings. The maximum absolute atomic E-state index is 13.0. The van der Waals surface area contributed by atoms with E-state index >= 15 is 0 Å². The Labute approximate surface area is 207 Å². The number of nitrogens with zero attached hydrogens (tertiary/aromatic N) is 7. The average molecular weight is 492 g/mol. The van der Waals surface area contributed by atoms with E-state index in [1.807, 2.05) is 0 Å². The van der Waals surface area contributed by atoms with Crippen molar-refractivity contribution >= 4 is 23.1 Å². The number of aliphatic hydroxyl groups excluding tert-OH is 1. The van der Waals surface area contributed by atoms with E-state index in [4.69, 9.17) is 10.7 Å². The molecule has 2 aliphatic rings. The van der Waals surface area contributed by atoms with Crippen molar-refractivity contribution in [3.8, 4) is 17.3 Å². The van der Waals surface area contributed by atoms with Gasteiger partial charge in [-0.25, -0.2) is 9.50 Å². The summed E-state index contributed by atoms with van der Waals surface area (Å²) in [7, 11) is 0. The standard InChI is InChI=1S/C24H29N9O3/c1-3-15-9-31(23(36)24(13-25)4-5-24)11-18(15)29-20-17(21(26)35)7-28-33-12-19(30-22(20)33)16-6-27-32(10-16)8-14(2)34/h6-7,10,12,14-15,18,29,34H,3-5,8-9,11H2,1-2H3,(H2,26,35)/t14-,15-,18+/m0/s1. The highest BCUT2D eigenvalue weighted by molar-refractivity contribution is 6.01. The Hall–Kier alpha value is -3.98. The number of nitrogens with two attached hydrogens (primary N) is 1. The van der Waals surface area contributed by atoms with Crippen LogP contribution in [0.5, 0.6) is 0 Å². The van der Waals surface area contributed by atoms with Gasteiger partial charge in [-0.15, -0.1) is 0 Å². The average Bonchev–Trinajstić information content (AvgIpc) is 3.15. The molecule has 1 aliphatic heterocycles. The number of hydrogen-bond donors (Lipinski definition) is 3. The van der Waals surface area contributed by atoms with Crippen LogP contribution in [0.2, 0.25) is 0 Å². The Balaban J connectivity index is 1.47. The van der Waals surface area contributed by atoms with Gasteiger partial charge in [0.1, 0.15) is 5.41 Å². The van der Waals surface area contributed by atoms with E-state index in [0.29, 0.717) is 49.5 Å². The Bertz CT molecular complexity index is 1360. The number of fused-ring (bicyclic) bond motifs is 1. The number of aliphatic hydroxyl groups is 1. The molecule has 1 saturated heterocycles. The fraction of sp³-hybridized carbons (Fsp3) is 0.500. The van der Waals surface area contributed by atoms with Gasteiger partial charge in [0.2, 0.25) is 5.91 Å². The Morgan fingerprint density at radius 1 is 1.31 bits per heavy atom. The fourth-order valence-electron chi connectivity index (χ4n) is 4.87. The van der Waals surface area contributed by atoms with E-state index in [1.54, 1.807) is 39.6 Å². The second-order valence-electron chi connectivity index (χ2n) is 9.82. The lowest BCUT2D eigenvalue weighted by Gasteiger charge is -2.21. The molecule has 4 N–H and O–H groups in total. The molecule has 2 amide bonds. The number of amides is 2. The molecule has 0 unspecified atom stereocenters. The second kappa shape index (κ2) is 8.91. The van der Waals surface area contributed by atoms with Crippen molar-refractivity contribution in [1.82, 2.24) is 29.3 Å². The van der Waals surface area contributed by atoms with Gasteiger partial charge in [-0.3, -0.25) is 14.3 Å². The van der Waals surface area contributed by atoms with Gasteiger partial charge in [0, 0.05) is 30.9 Å². The zero-order valence-electron chi connectivity index (χ0n) is 20.3. The first kappa shape index (κ1) is 23.7. The summed E-state index contributed by atoms with van der Waals surface area (Å²) in [5, 5.41) is 31.1. The monoisotopic (exact) mass is 491 g/mol. The molecule has 3 atom stereocenters. The summed E-state index contributed by atoms with van der Waals surface area (Å²) in [5.41, 5.74) is 7.25. The molecule has 0 bridgehead atoms. The largest absolute Gasteiger partial charge is 0.391 e. The van der Waals surface area contributed by atoms with Crippen LogP contribution in [0.1, 0.15) is 43.5 Å². The van der Waals surface area contributed by atoms with E-state index in [2.05, 4.69) is 28.5 Å². The topological polar surface area (TPSA) is 167 Å². The summed E-state index contributed by atoms with van der Waals surface area (Å²) in [6.45, 7) is 5.07. The van der Waals surface area contributed by atoms with Crippen LogP contribution in [0.3, 0.4) is 0 Å². The third kappa shape index (κ3) is 4.15. The summed E-state index contributed by atoms with van der Waals surface area (Å²) < 4.78 is 3.21. The van der Waals surface area contributed by atoms with E-state index in [1.165, 1.54) is 6.20 Å². The molecule has 0 radical (unpaired) electrons. The Morgan fingerprint density at radius 3 is 2.72 bits per heavy atom. The number of primary amides is 1. The third-order valence-corrected chi connectivity index (χ3v) is 7.09. The molecule has 1 aliphatic carbocycles. The molecule has 188 valence electrons. The summed E-state index contributed by atoms with van der Waals surface area (Å²) in [4.78, 5) is 31.8.